The van der Waals surface area contributed by atoms with E-state index in [1.54, 1.807) is 17.5 Å². The number of rotatable bonds is 4. The standard InChI is InChI=1S/C9H11NO3S/c10-3-1-7(12)9(13)6-2-4-14-8(6)5-11/h2,4,7,9,11-13H,1,5H2. The smallest absolute Gasteiger partial charge is 0.107 e. The van der Waals surface area contributed by atoms with E-state index in [1.807, 2.05) is 0 Å². The molecule has 1 heterocycles. The van der Waals surface area contributed by atoms with Crippen LogP contribution in [-0.2, 0) is 6.61 Å². The van der Waals surface area contributed by atoms with Crippen molar-refractivity contribution in [3.8, 4) is 6.07 Å². The second-order valence-corrected chi connectivity index (χ2v) is 3.83. The molecule has 76 valence electrons. The highest BCUT2D eigenvalue weighted by Gasteiger charge is 2.21. The summed E-state index contributed by atoms with van der Waals surface area (Å²) in [5.74, 6) is 0. The summed E-state index contributed by atoms with van der Waals surface area (Å²) in [7, 11) is 0. The van der Waals surface area contributed by atoms with E-state index in [0.717, 1.165) is 0 Å². The molecule has 0 aliphatic heterocycles. The van der Waals surface area contributed by atoms with Gasteiger partial charge in [0.2, 0.25) is 0 Å². The molecule has 14 heavy (non-hydrogen) atoms. The van der Waals surface area contributed by atoms with Gasteiger partial charge >= 0.3 is 0 Å². The largest absolute Gasteiger partial charge is 0.391 e. The van der Waals surface area contributed by atoms with Crippen molar-refractivity contribution in [3.05, 3.63) is 21.9 Å². The highest BCUT2D eigenvalue weighted by molar-refractivity contribution is 7.10. The number of thiophene rings is 1. The SMILES string of the molecule is N#CCC(O)C(O)c1ccsc1CO. The molecule has 2 atom stereocenters. The normalized spacial score (nSPS) is 14.7. The molecule has 5 heteroatoms. The Labute approximate surface area is 85.7 Å². The van der Waals surface area contributed by atoms with Crippen molar-refractivity contribution in [2.45, 2.75) is 25.2 Å². The molecule has 0 saturated carbocycles. The highest BCUT2D eigenvalue weighted by Crippen LogP contribution is 2.26. The molecule has 1 rings (SSSR count). The minimum absolute atomic E-state index is 0.123. The topological polar surface area (TPSA) is 84.5 Å². The van der Waals surface area contributed by atoms with E-state index in [1.165, 1.54) is 11.3 Å². The molecule has 1 aromatic rings. The third-order valence-electron chi connectivity index (χ3n) is 1.91. The predicted molar refractivity (Wildman–Crippen MR) is 51.4 cm³/mol. The fourth-order valence-electron chi connectivity index (χ4n) is 1.15. The van der Waals surface area contributed by atoms with Crippen LogP contribution in [0.1, 0.15) is 23.0 Å². The van der Waals surface area contributed by atoms with Crippen LogP contribution in [0.4, 0.5) is 0 Å². The molecular weight excluding hydrogens is 202 g/mol. The van der Waals surface area contributed by atoms with Gasteiger partial charge in [-0.05, 0) is 17.0 Å². The molecule has 3 N–H and O–H groups in total. The fraction of sp³-hybridized carbons (Fsp3) is 0.444. The Bertz CT molecular complexity index is 331. The molecule has 1 aromatic heterocycles. The van der Waals surface area contributed by atoms with Crippen molar-refractivity contribution in [2.24, 2.45) is 0 Å². The number of aliphatic hydroxyl groups excluding tert-OH is 3. The van der Waals surface area contributed by atoms with E-state index in [2.05, 4.69) is 0 Å². The molecule has 0 aliphatic carbocycles. The average Bonchev–Trinajstić information content (AvgIpc) is 2.64. The molecule has 0 spiro atoms. The van der Waals surface area contributed by atoms with Crippen LogP contribution < -0.4 is 0 Å². The van der Waals surface area contributed by atoms with Crippen molar-refractivity contribution < 1.29 is 15.3 Å². The van der Waals surface area contributed by atoms with Crippen molar-refractivity contribution in [2.75, 3.05) is 0 Å². The van der Waals surface area contributed by atoms with Crippen LogP contribution in [0.2, 0.25) is 0 Å². The molecule has 0 aromatic carbocycles. The molecule has 0 bridgehead atoms. The maximum Gasteiger partial charge on any atom is 0.107 e. The van der Waals surface area contributed by atoms with Crippen LogP contribution in [0.5, 0.6) is 0 Å². The number of hydrogen-bond donors (Lipinski definition) is 3. The van der Waals surface area contributed by atoms with E-state index in [-0.39, 0.29) is 13.0 Å². The van der Waals surface area contributed by atoms with Gasteiger partial charge < -0.3 is 15.3 Å². The quantitative estimate of drug-likeness (QED) is 0.681. The van der Waals surface area contributed by atoms with Crippen molar-refractivity contribution in [3.63, 3.8) is 0 Å². The van der Waals surface area contributed by atoms with Crippen LogP contribution >= 0.6 is 11.3 Å². The van der Waals surface area contributed by atoms with E-state index in [0.29, 0.717) is 10.4 Å². The van der Waals surface area contributed by atoms with Gasteiger partial charge in [0, 0.05) is 4.88 Å². The van der Waals surface area contributed by atoms with Gasteiger partial charge in [-0.2, -0.15) is 5.26 Å². The third-order valence-corrected chi connectivity index (χ3v) is 2.83. The van der Waals surface area contributed by atoms with Gasteiger partial charge in [-0.3, -0.25) is 0 Å². The summed E-state index contributed by atoms with van der Waals surface area (Å²) in [6.07, 6.45) is -2.31. The average molecular weight is 213 g/mol. The molecule has 0 fully saturated rings. The first-order valence-electron chi connectivity index (χ1n) is 4.11. The zero-order valence-electron chi connectivity index (χ0n) is 7.42. The molecular formula is C9H11NO3S. The number of nitrogens with zero attached hydrogens (tertiary/aromatic N) is 1. The molecule has 4 nitrogen and oxygen atoms in total. The summed E-state index contributed by atoms with van der Waals surface area (Å²) in [6, 6.07) is 3.42. The molecule has 0 aliphatic rings. The summed E-state index contributed by atoms with van der Waals surface area (Å²) in [4.78, 5) is 0.620. The summed E-state index contributed by atoms with van der Waals surface area (Å²) in [6.45, 7) is -0.163. The van der Waals surface area contributed by atoms with E-state index >= 15 is 0 Å². The zero-order chi connectivity index (χ0) is 10.6. The van der Waals surface area contributed by atoms with Gasteiger partial charge in [-0.15, -0.1) is 11.3 Å². The van der Waals surface area contributed by atoms with Crippen LogP contribution in [0.25, 0.3) is 0 Å². The Hall–Kier alpha value is -0.930. The number of hydrogen-bond acceptors (Lipinski definition) is 5. The van der Waals surface area contributed by atoms with Crippen LogP contribution in [0.15, 0.2) is 11.4 Å². The third kappa shape index (κ3) is 2.30. The van der Waals surface area contributed by atoms with Crippen molar-refractivity contribution in [1.29, 1.82) is 5.26 Å². The second kappa shape index (κ2) is 5.08. The van der Waals surface area contributed by atoms with Crippen LogP contribution in [-0.4, -0.2) is 21.4 Å². The monoisotopic (exact) mass is 213 g/mol. The minimum atomic E-state index is -1.10. The Balaban J connectivity index is 2.78. The maximum atomic E-state index is 9.62. The summed E-state index contributed by atoms with van der Waals surface area (Å²) >= 11 is 1.31. The lowest BCUT2D eigenvalue weighted by atomic mass is 10.0. The molecule has 2 unspecified atom stereocenters. The van der Waals surface area contributed by atoms with Crippen molar-refractivity contribution >= 4 is 11.3 Å². The highest BCUT2D eigenvalue weighted by atomic mass is 32.1. The van der Waals surface area contributed by atoms with Gasteiger partial charge in [0.1, 0.15) is 6.10 Å². The van der Waals surface area contributed by atoms with Gasteiger partial charge in [0.15, 0.2) is 0 Å². The van der Waals surface area contributed by atoms with Gasteiger partial charge in [-0.25, -0.2) is 0 Å². The zero-order valence-corrected chi connectivity index (χ0v) is 8.24. The molecule has 0 amide bonds. The maximum absolute atomic E-state index is 9.62. The summed E-state index contributed by atoms with van der Waals surface area (Å²) in [5, 5.41) is 38.0. The Morgan fingerprint density at radius 1 is 1.50 bits per heavy atom. The Morgan fingerprint density at radius 2 is 2.21 bits per heavy atom. The Morgan fingerprint density at radius 3 is 2.79 bits per heavy atom. The Kier molecular flexibility index (Phi) is 4.04. The van der Waals surface area contributed by atoms with E-state index < -0.39 is 12.2 Å². The van der Waals surface area contributed by atoms with Crippen molar-refractivity contribution in [1.82, 2.24) is 0 Å². The van der Waals surface area contributed by atoms with Gasteiger partial charge in [0.25, 0.3) is 0 Å². The summed E-state index contributed by atoms with van der Waals surface area (Å²) in [5.41, 5.74) is 0.500. The first kappa shape index (κ1) is 11.1. The number of nitriles is 1. The number of aliphatic hydroxyl groups is 3. The lowest BCUT2D eigenvalue weighted by molar-refractivity contribution is 0.0208. The van der Waals surface area contributed by atoms with E-state index in [9.17, 15) is 10.2 Å². The van der Waals surface area contributed by atoms with E-state index in [4.69, 9.17) is 10.4 Å². The lowest BCUT2D eigenvalue weighted by Gasteiger charge is -2.15. The first-order valence-corrected chi connectivity index (χ1v) is 4.99. The second-order valence-electron chi connectivity index (χ2n) is 2.83. The molecule has 0 saturated heterocycles. The fourth-order valence-corrected chi connectivity index (χ4v) is 1.93. The molecule has 0 radical (unpaired) electrons. The minimum Gasteiger partial charge on any atom is -0.391 e. The van der Waals surface area contributed by atoms with Gasteiger partial charge in [-0.1, -0.05) is 0 Å². The van der Waals surface area contributed by atoms with Crippen LogP contribution in [0, 0.1) is 11.3 Å². The summed E-state index contributed by atoms with van der Waals surface area (Å²) < 4.78 is 0. The first-order chi connectivity index (χ1) is 6.70. The lowest BCUT2D eigenvalue weighted by Crippen LogP contribution is -2.17. The van der Waals surface area contributed by atoms with Gasteiger partial charge in [0.05, 0.1) is 25.2 Å². The van der Waals surface area contributed by atoms with Crippen LogP contribution in [0.3, 0.4) is 0 Å². The predicted octanol–water partition coefficient (Wildman–Crippen LogP) is 0.548.